The van der Waals surface area contributed by atoms with Crippen molar-refractivity contribution in [2.24, 2.45) is 5.92 Å². The molecule has 1 saturated carbocycles. The summed E-state index contributed by atoms with van der Waals surface area (Å²) in [6.45, 7) is 2.26. The summed E-state index contributed by atoms with van der Waals surface area (Å²) in [7, 11) is 0. The van der Waals surface area contributed by atoms with Crippen molar-refractivity contribution in [1.29, 1.82) is 0 Å². The summed E-state index contributed by atoms with van der Waals surface area (Å²) in [6, 6.07) is 0. The van der Waals surface area contributed by atoms with E-state index in [4.69, 9.17) is 0 Å². The summed E-state index contributed by atoms with van der Waals surface area (Å²) in [5.74, 6) is 0.755. The minimum absolute atomic E-state index is 0.0320. The van der Waals surface area contributed by atoms with Gasteiger partial charge in [-0.15, -0.1) is 0 Å². The van der Waals surface area contributed by atoms with Gasteiger partial charge in [-0.1, -0.05) is 0 Å². The van der Waals surface area contributed by atoms with E-state index >= 15 is 0 Å². The standard InChI is InChI=1S/C7H13O.3CH3.Sn/c1-6-3-2-4-7(8)5-6;;;;/h4,6-8H,2-3,5H2,1H3;3*1H3;/t6-,7-;;;;/m0..../s1. The zero-order valence-electron chi connectivity index (χ0n) is 8.80. The first kappa shape index (κ1) is 10.8. The van der Waals surface area contributed by atoms with E-state index in [9.17, 15) is 5.11 Å². The molecule has 0 aromatic heterocycles. The molecule has 0 saturated heterocycles. The van der Waals surface area contributed by atoms with Crippen LogP contribution >= 0.6 is 0 Å². The summed E-state index contributed by atoms with van der Waals surface area (Å²) in [6.07, 6.45) is 3.72. The molecule has 2 heteroatoms. The van der Waals surface area contributed by atoms with Crippen molar-refractivity contribution in [2.45, 2.75) is 51.0 Å². The molecular formula is C10H22OSn. The van der Waals surface area contributed by atoms with Crippen molar-refractivity contribution in [1.82, 2.24) is 0 Å². The van der Waals surface area contributed by atoms with Crippen LogP contribution in [0.5, 0.6) is 0 Å². The normalized spacial score (nSPS) is 38.2. The van der Waals surface area contributed by atoms with Gasteiger partial charge in [-0.25, -0.2) is 0 Å². The van der Waals surface area contributed by atoms with E-state index in [1.54, 1.807) is 0 Å². The monoisotopic (exact) mass is 278 g/mol. The van der Waals surface area contributed by atoms with E-state index in [2.05, 4.69) is 21.7 Å². The molecule has 1 rings (SSSR count). The molecule has 3 atom stereocenters. The summed E-state index contributed by atoms with van der Waals surface area (Å²) in [5.41, 5.74) is 0. The van der Waals surface area contributed by atoms with Crippen LogP contribution in [0.4, 0.5) is 0 Å². The Bertz CT molecular complexity index is 150. The average Bonchev–Trinajstić information content (AvgIpc) is 1.83. The van der Waals surface area contributed by atoms with Gasteiger partial charge in [0.2, 0.25) is 0 Å². The third kappa shape index (κ3) is 2.62. The number of aliphatic hydroxyl groups excluding tert-OH is 1. The number of hydrogen-bond donors (Lipinski definition) is 1. The zero-order valence-corrected chi connectivity index (χ0v) is 11.7. The van der Waals surface area contributed by atoms with Gasteiger partial charge in [0.25, 0.3) is 0 Å². The molecule has 72 valence electrons. The second-order valence-corrected chi connectivity index (χ2v) is 21.1. The molecule has 0 unspecified atom stereocenters. The van der Waals surface area contributed by atoms with Gasteiger partial charge in [0.15, 0.2) is 0 Å². The Morgan fingerprint density at radius 3 is 2.17 bits per heavy atom. The molecule has 0 aromatic rings. The summed E-state index contributed by atoms with van der Waals surface area (Å²) < 4.78 is 0.718. The fourth-order valence-electron chi connectivity index (χ4n) is 2.36. The Balaban J connectivity index is 2.57. The van der Waals surface area contributed by atoms with Gasteiger partial charge in [0.1, 0.15) is 0 Å². The first-order valence-corrected chi connectivity index (χ1v) is 15.3. The van der Waals surface area contributed by atoms with Gasteiger partial charge >= 0.3 is 80.4 Å². The Morgan fingerprint density at radius 2 is 1.75 bits per heavy atom. The van der Waals surface area contributed by atoms with Crippen molar-refractivity contribution < 1.29 is 5.11 Å². The van der Waals surface area contributed by atoms with Gasteiger partial charge in [-0.05, 0) is 0 Å². The van der Waals surface area contributed by atoms with Crippen LogP contribution in [0.25, 0.3) is 0 Å². The van der Waals surface area contributed by atoms with Crippen molar-refractivity contribution in [3.05, 3.63) is 0 Å². The summed E-state index contributed by atoms with van der Waals surface area (Å²) >= 11 is -1.80. The molecule has 1 fully saturated rings. The molecule has 0 bridgehead atoms. The van der Waals surface area contributed by atoms with Crippen molar-refractivity contribution >= 4 is 18.4 Å². The molecule has 0 aliphatic heterocycles. The van der Waals surface area contributed by atoms with Crippen LogP contribution in [-0.4, -0.2) is 29.6 Å². The van der Waals surface area contributed by atoms with Crippen LogP contribution in [0.3, 0.4) is 0 Å². The molecule has 1 aliphatic carbocycles. The maximum absolute atomic E-state index is 9.93. The Morgan fingerprint density at radius 1 is 1.17 bits per heavy atom. The molecular weight excluding hydrogens is 255 g/mol. The van der Waals surface area contributed by atoms with E-state index in [1.165, 1.54) is 12.8 Å². The molecule has 1 aliphatic rings. The fraction of sp³-hybridized carbons (Fsp3) is 1.00. The van der Waals surface area contributed by atoms with Gasteiger partial charge in [0.05, 0.1) is 0 Å². The topological polar surface area (TPSA) is 20.2 Å². The van der Waals surface area contributed by atoms with Crippen LogP contribution in [0.1, 0.15) is 26.2 Å². The van der Waals surface area contributed by atoms with E-state index in [0.29, 0.717) is 0 Å². The third-order valence-electron chi connectivity index (χ3n) is 3.19. The predicted molar refractivity (Wildman–Crippen MR) is 56.1 cm³/mol. The summed E-state index contributed by atoms with van der Waals surface area (Å²) in [5, 5.41) is 9.93. The van der Waals surface area contributed by atoms with Crippen LogP contribution in [0.2, 0.25) is 18.8 Å². The molecule has 12 heavy (non-hydrogen) atoms. The van der Waals surface area contributed by atoms with Gasteiger partial charge in [0, 0.05) is 0 Å². The van der Waals surface area contributed by atoms with Crippen LogP contribution in [-0.2, 0) is 0 Å². The van der Waals surface area contributed by atoms with Crippen LogP contribution in [0.15, 0.2) is 0 Å². The van der Waals surface area contributed by atoms with E-state index in [0.717, 1.165) is 16.3 Å². The average molecular weight is 277 g/mol. The molecule has 0 aromatic carbocycles. The van der Waals surface area contributed by atoms with Crippen molar-refractivity contribution in [3.8, 4) is 0 Å². The molecule has 0 heterocycles. The molecule has 1 nitrogen and oxygen atoms in total. The summed E-state index contributed by atoms with van der Waals surface area (Å²) in [4.78, 5) is 7.33. The van der Waals surface area contributed by atoms with Gasteiger partial charge in [-0.2, -0.15) is 0 Å². The zero-order chi connectivity index (χ0) is 9.35. The first-order chi connectivity index (χ1) is 5.41. The van der Waals surface area contributed by atoms with E-state index in [1.807, 2.05) is 0 Å². The molecule has 0 amide bonds. The van der Waals surface area contributed by atoms with E-state index < -0.39 is 18.4 Å². The first-order valence-electron chi connectivity index (χ1n) is 5.09. The van der Waals surface area contributed by atoms with Crippen LogP contribution < -0.4 is 0 Å². The van der Waals surface area contributed by atoms with Crippen LogP contribution in [0, 0.1) is 5.92 Å². The molecule has 0 spiro atoms. The minimum atomic E-state index is -1.80. The maximum atomic E-state index is 9.93. The molecule has 0 radical (unpaired) electrons. The SMILES string of the molecule is C[C@H]1CC[C@@H]([Sn]([CH3])([CH3])[CH3])[C@H](O)C1. The number of aliphatic hydroxyl groups is 1. The fourth-order valence-corrected chi connectivity index (χ4v) is 8.99. The third-order valence-corrected chi connectivity index (χ3v) is 11.5. The number of rotatable bonds is 1. The Kier molecular flexibility index (Phi) is 3.49. The van der Waals surface area contributed by atoms with Crippen molar-refractivity contribution in [2.75, 3.05) is 0 Å². The van der Waals surface area contributed by atoms with Gasteiger partial charge in [-0.3, -0.25) is 0 Å². The second-order valence-electron chi connectivity index (χ2n) is 5.46. The molecule has 1 N–H and O–H groups in total. The Labute approximate surface area is 80.4 Å². The van der Waals surface area contributed by atoms with E-state index in [-0.39, 0.29) is 6.10 Å². The Hall–Kier alpha value is 0.759. The van der Waals surface area contributed by atoms with Crippen molar-refractivity contribution in [3.63, 3.8) is 0 Å². The number of hydrogen-bond acceptors (Lipinski definition) is 1. The second kappa shape index (κ2) is 3.87. The van der Waals surface area contributed by atoms with Gasteiger partial charge < -0.3 is 0 Å². The predicted octanol–water partition coefficient (Wildman–Crippen LogP) is 2.88. The quantitative estimate of drug-likeness (QED) is 0.731.